The highest BCUT2D eigenvalue weighted by atomic mass is 32.2. The molecule has 0 unspecified atom stereocenters. The van der Waals surface area contributed by atoms with Crippen LogP contribution in [0.15, 0.2) is 85.1 Å². The lowest BCUT2D eigenvalue weighted by Gasteiger charge is -2.14. The first-order valence-electron chi connectivity index (χ1n) is 14.1. The van der Waals surface area contributed by atoms with E-state index in [2.05, 4.69) is 41.7 Å². The van der Waals surface area contributed by atoms with E-state index >= 15 is 0 Å². The van der Waals surface area contributed by atoms with Crippen molar-refractivity contribution in [1.82, 2.24) is 14.8 Å². The number of benzene rings is 3. The van der Waals surface area contributed by atoms with Gasteiger partial charge in [0.25, 0.3) is 0 Å². The van der Waals surface area contributed by atoms with E-state index in [1.54, 1.807) is 22.9 Å². The van der Waals surface area contributed by atoms with E-state index in [0.717, 1.165) is 34.0 Å². The highest BCUT2D eigenvalue weighted by molar-refractivity contribution is 7.91. The number of sulfone groups is 1. The smallest absolute Gasteiger partial charge is 0.324 e. The van der Waals surface area contributed by atoms with Crippen LogP contribution in [0.2, 0.25) is 0 Å². The van der Waals surface area contributed by atoms with Crippen LogP contribution >= 0.6 is 0 Å². The van der Waals surface area contributed by atoms with Crippen molar-refractivity contribution >= 4 is 49.9 Å². The van der Waals surface area contributed by atoms with Crippen molar-refractivity contribution in [3.8, 4) is 17.2 Å². The topological polar surface area (TPSA) is 144 Å². The molecule has 12 heteroatoms. The third-order valence-corrected chi connectivity index (χ3v) is 7.54. The second kappa shape index (κ2) is 12.4. The van der Waals surface area contributed by atoms with Crippen molar-refractivity contribution in [1.29, 1.82) is 0 Å². The molecule has 0 aliphatic carbocycles. The van der Waals surface area contributed by atoms with Gasteiger partial charge in [-0.3, -0.25) is 10.1 Å². The van der Waals surface area contributed by atoms with E-state index in [-0.39, 0.29) is 11.2 Å². The molecule has 232 valence electrons. The number of ether oxygens (including phenoxy) is 1. The monoisotopic (exact) mass is 626 g/mol. The second-order valence-corrected chi connectivity index (χ2v) is 13.9. The highest BCUT2D eigenvalue weighted by Crippen LogP contribution is 2.35. The van der Waals surface area contributed by atoms with Crippen LogP contribution in [0.5, 0.6) is 11.5 Å². The number of aryl methyl sites for hydroxylation is 1. The van der Waals surface area contributed by atoms with Gasteiger partial charge in [-0.25, -0.2) is 22.9 Å². The van der Waals surface area contributed by atoms with Crippen LogP contribution in [0, 0.1) is 6.92 Å². The number of hydrogen-bond acceptors (Lipinski definition) is 7. The molecule has 2 heterocycles. The molecule has 5 aromatic rings. The number of nitrogens with one attached hydrogen (secondary N) is 3. The average Bonchev–Trinajstić information content (AvgIpc) is 3.38. The lowest BCUT2D eigenvalue weighted by molar-refractivity contribution is -0.113. The molecule has 0 bridgehead atoms. The SMILES string of the molecule is Cc1ccc(-n2nc(C(C)(C)C)cc2NC(=O)Nc2ccc(Oc3ccnc(NC(=O)CS(C)(=O)=O)c3)c3ccccc23)cc1. The molecule has 0 atom stereocenters. The Labute approximate surface area is 261 Å². The largest absolute Gasteiger partial charge is 0.457 e. The van der Waals surface area contributed by atoms with Crippen molar-refractivity contribution in [2.24, 2.45) is 0 Å². The highest BCUT2D eigenvalue weighted by Gasteiger charge is 2.22. The summed E-state index contributed by atoms with van der Waals surface area (Å²) >= 11 is 0. The van der Waals surface area contributed by atoms with Gasteiger partial charge in [-0.2, -0.15) is 5.10 Å². The molecule has 2 aromatic heterocycles. The molecule has 0 aliphatic rings. The first kappa shape index (κ1) is 31.2. The van der Waals surface area contributed by atoms with Crippen LogP contribution in [0.3, 0.4) is 0 Å². The van der Waals surface area contributed by atoms with Gasteiger partial charge >= 0.3 is 6.03 Å². The molecule has 3 aromatic carbocycles. The van der Waals surface area contributed by atoms with Crippen LogP contribution in [0.25, 0.3) is 16.5 Å². The van der Waals surface area contributed by atoms with Crippen LogP contribution in [0.4, 0.5) is 22.1 Å². The van der Waals surface area contributed by atoms with E-state index in [1.807, 2.05) is 61.5 Å². The molecule has 11 nitrogen and oxygen atoms in total. The molecule has 0 fully saturated rings. The van der Waals surface area contributed by atoms with E-state index in [1.165, 1.54) is 12.3 Å². The maximum absolute atomic E-state index is 13.3. The fourth-order valence-corrected chi connectivity index (χ4v) is 5.09. The molecule has 45 heavy (non-hydrogen) atoms. The third-order valence-electron chi connectivity index (χ3n) is 6.75. The number of rotatable bonds is 8. The summed E-state index contributed by atoms with van der Waals surface area (Å²) in [5.74, 6) is 0.213. The van der Waals surface area contributed by atoms with Crippen LogP contribution in [-0.4, -0.2) is 47.1 Å². The van der Waals surface area contributed by atoms with Gasteiger partial charge in [-0.15, -0.1) is 0 Å². The van der Waals surface area contributed by atoms with Crippen LogP contribution in [-0.2, 0) is 20.0 Å². The van der Waals surface area contributed by atoms with Crippen molar-refractivity contribution in [2.75, 3.05) is 28.0 Å². The van der Waals surface area contributed by atoms with E-state index < -0.39 is 27.5 Å². The summed E-state index contributed by atoms with van der Waals surface area (Å²) in [6.45, 7) is 8.21. The molecule has 0 saturated heterocycles. The summed E-state index contributed by atoms with van der Waals surface area (Å²) in [4.78, 5) is 29.5. The minimum absolute atomic E-state index is 0.153. The summed E-state index contributed by atoms with van der Waals surface area (Å²) in [6.07, 6.45) is 2.43. The molecule has 0 saturated carbocycles. The molecular formula is C33H34N6O5S. The summed E-state index contributed by atoms with van der Waals surface area (Å²) in [5, 5.41) is 14.6. The molecule has 3 N–H and O–H groups in total. The Morgan fingerprint density at radius 3 is 2.29 bits per heavy atom. The number of urea groups is 1. The zero-order chi connectivity index (χ0) is 32.4. The van der Waals surface area contributed by atoms with Gasteiger partial charge in [0, 0.05) is 40.8 Å². The van der Waals surface area contributed by atoms with Gasteiger partial charge in [-0.05, 0) is 37.3 Å². The maximum atomic E-state index is 13.3. The van der Waals surface area contributed by atoms with Gasteiger partial charge in [-0.1, -0.05) is 62.7 Å². The zero-order valence-corrected chi connectivity index (χ0v) is 26.4. The van der Waals surface area contributed by atoms with Gasteiger partial charge in [0.15, 0.2) is 9.84 Å². The molecule has 0 aliphatic heterocycles. The summed E-state index contributed by atoms with van der Waals surface area (Å²) in [6, 6.07) is 23.4. The van der Waals surface area contributed by atoms with Gasteiger partial charge in [0.2, 0.25) is 5.91 Å². The average molecular weight is 627 g/mol. The normalized spacial score (nSPS) is 11.7. The number of aromatic nitrogens is 3. The fraction of sp³-hybridized carbons (Fsp3) is 0.212. The number of fused-ring (bicyclic) bond motifs is 1. The summed E-state index contributed by atoms with van der Waals surface area (Å²) < 4.78 is 30.7. The predicted octanol–water partition coefficient (Wildman–Crippen LogP) is 6.45. The first-order valence-corrected chi connectivity index (χ1v) is 16.2. The number of nitrogens with zero attached hydrogens (tertiary/aromatic N) is 3. The van der Waals surface area contributed by atoms with Crippen molar-refractivity contribution in [3.05, 3.63) is 96.3 Å². The van der Waals surface area contributed by atoms with E-state index in [4.69, 9.17) is 9.84 Å². The van der Waals surface area contributed by atoms with Gasteiger partial charge in [0.1, 0.15) is 28.9 Å². The molecule has 0 radical (unpaired) electrons. The predicted molar refractivity (Wildman–Crippen MR) is 176 cm³/mol. The second-order valence-electron chi connectivity index (χ2n) is 11.7. The Kier molecular flexibility index (Phi) is 8.60. The Morgan fingerprint density at radius 2 is 1.60 bits per heavy atom. The fourth-order valence-electron chi connectivity index (χ4n) is 4.55. The minimum Gasteiger partial charge on any atom is -0.457 e. The van der Waals surface area contributed by atoms with Gasteiger partial charge in [0.05, 0.1) is 17.1 Å². The third kappa shape index (κ3) is 7.84. The number of carbonyl (C=O) groups excluding carboxylic acids is 2. The Balaban J connectivity index is 1.37. The Hall–Kier alpha value is -5.23. The lowest BCUT2D eigenvalue weighted by Crippen LogP contribution is -2.22. The number of anilines is 3. The Bertz CT molecular complexity index is 2000. The molecule has 5 rings (SSSR count). The molecule has 3 amide bonds. The van der Waals surface area contributed by atoms with E-state index in [9.17, 15) is 18.0 Å². The van der Waals surface area contributed by atoms with Crippen molar-refractivity contribution in [2.45, 2.75) is 33.1 Å². The van der Waals surface area contributed by atoms with E-state index in [0.29, 0.717) is 23.0 Å². The van der Waals surface area contributed by atoms with Crippen molar-refractivity contribution in [3.63, 3.8) is 0 Å². The zero-order valence-electron chi connectivity index (χ0n) is 25.6. The number of hydrogen-bond donors (Lipinski definition) is 3. The molecular weight excluding hydrogens is 592 g/mol. The lowest BCUT2D eigenvalue weighted by atomic mass is 9.92. The maximum Gasteiger partial charge on any atom is 0.324 e. The number of carbonyl (C=O) groups is 2. The number of pyridine rings is 1. The van der Waals surface area contributed by atoms with Crippen LogP contribution in [0.1, 0.15) is 32.0 Å². The van der Waals surface area contributed by atoms with Crippen LogP contribution < -0.4 is 20.7 Å². The quantitative estimate of drug-likeness (QED) is 0.180. The number of amides is 3. The summed E-state index contributed by atoms with van der Waals surface area (Å²) in [5.41, 5.74) is 3.12. The van der Waals surface area contributed by atoms with Gasteiger partial charge < -0.3 is 15.4 Å². The summed E-state index contributed by atoms with van der Waals surface area (Å²) in [7, 11) is -3.49. The minimum atomic E-state index is -3.49. The standard InChI is InChI=1S/C33H34N6O5S/c1-21-10-12-22(13-11-21)39-30(19-28(38-39)33(2,3)4)37-32(41)35-26-14-15-27(25-9-7-6-8-24(25)26)44-23-16-17-34-29(18-23)36-31(40)20-45(5,42)43/h6-19H,20H2,1-5H3,(H,34,36,40)(H2,35,37,41). The Morgan fingerprint density at radius 1 is 0.889 bits per heavy atom. The first-order chi connectivity index (χ1) is 21.2. The van der Waals surface area contributed by atoms with Crippen molar-refractivity contribution < 1.29 is 22.7 Å². The molecule has 0 spiro atoms.